The van der Waals surface area contributed by atoms with Gasteiger partial charge in [0.25, 0.3) is 11.4 Å². The van der Waals surface area contributed by atoms with Crippen molar-refractivity contribution in [3.63, 3.8) is 0 Å². The second-order valence-corrected chi connectivity index (χ2v) is 6.72. The van der Waals surface area contributed by atoms with E-state index in [1.165, 1.54) is 37.6 Å². The average molecular weight is 495 g/mol. The first-order valence-corrected chi connectivity index (χ1v) is 11.1. The van der Waals surface area contributed by atoms with E-state index >= 15 is 0 Å². The van der Waals surface area contributed by atoms with E-state index < -0.39 is 9.85 Å². The summed E-state index contributed by atoms with van der Waals surface area (Å²) < 4.78 is 4.92. The molecule has 0 aromatic heterocycles. The van der Waals surface area contributed by atoms with Crippen LogP contribution in [0.25, 0.3) is 0 Å². The molecule has 0 aliphatic carbocycles. The van der Waals surface area contributed by atoms with Crippen molar-refractivity contribution >= 4 is 22.9 Å². The van der Waals surface area contributed by atoms with Crippen LogP contribution in [-0.2, 0) is 14.3 Å². The summed E-state index contributed by atoms with van der Waals surface area (Å²) in [4.78, 5) is 39.3. The minimum Gasteiger partial charge on any atom is -0.396 e. The number of para-hydroxylation sites is 2. The van der Waals surface area contributed by atoms with Crippen molar-refractivity contribution in [1.29, 1.82) is 0 Å². The lowest BCUT2D eigenvalue weighted by atomic mass is 10.3. The Morgan fingerprint density at radius 3 is 1.29 bits per heavy atom. The molecule has 2 rings (SSSR count). The number of aliphatic hydroxyl groups is 1. The molecule has 0 atom stereocenters. The van der Waals surface area contributed by atoms with Crippen LogP contribution < -0.4 is 0 Å². The molecule has 35 heavy (non-hydrogen) atoms. The van der Waals surface area contributed by atoms with E-state index in [0.717, 1.165) is 0 Å². The fraction of sp³-hybridized carbons (Fsp3) is 0.440. The Balaban J connectivity index is -0.000000380. The van der Waals surface area contributed by atoms with Gasteiger partial charge in [-0.1, -0.05) is 56.7 Å². The number of hydrogen-bond donors (Lipinski definition) is 1. The topological polar surface area (TPSA) is 150 Å². The number of ketones is 2. The molecule has 0 aliphatic rings. The van der Waals surface area contributed by atoms with Gasteiger partial charge >= 0.3 is 0 Å². The van der Waals surface area contributed by atoms with Crippen molar-refractivity contribution in [3.05, 3.63) is 80.9 Å². The SMILES string of the molecule is CC(=O)CCO.CCC.CCOCCC(C)=O.O=[N+]([O-])c1ccccc1.O=[N+]([O-])c1ccccc1. The highest BCUT2D eigenvalue weighted by atomic mass is 16.6. The molecule has 0 heterocycles. The van der Waals surface area contributed by atoms with Crippen LogP contribution in [0.1, 0.15) is 53.9 Å². The van der Waals surface area contributed by atoms with Crippen LogP contribution in [-0.4, -0.2) is 46.3 Å². The summed E-state index contributed by atoms with van der Waals surface area (Å²) in [5.41, 5.74) is 0.273. The Hall–Kier alpha value is -3.50. The smallest absolute Gasteiger partial charge is 0.269 e. The Bertz CT molecular complexity index is 750. The van der Waals surface area contributed by atoms with E-state index in [0.29, 0.717) is 26.1 Å². The number of nitro groups is 2. The number of rotatable bonds is 8. The number of nitrogens with zero attached hydrogens (tertiary/aromatic N) is 2. The van der Waals surface area contributed by atoms with E-state index in [2.05, 4.69) is 13.8 Å². The molecule has 0 saturated carbocycles. The van der Waals surface area contributed by atoms with E-state index in [-0.39, 0.29) is 29.5 Å². The van der Waals surface area contributed by atoms with Crippen molar-refractivity contribution in [3.8, 4) is 0 Å². The molecule has 0 bridgehead atoms. The van der Waals surface area contributed by atoms with Crippen molar-refractivity contribution < 1.29 is 29.3 Å². The molecule has 0 saturated heterocycles. The van der Waals surface area contributed by atoms with Gasteiger partial charge in [-0.2, -0.15) is 0 Å². The molecule has 0 unspecified atom stereocenters. The van der Waals surface area contributed by atoms with Crippen LogP contribution in [0.2, 0.25) is 0 Å². The van der Waals surface area contributed by atoms with E-state index in [1.807, 2.05) is 6.92 Å². The number of ether oxygens (including phenoxy) is 1. The van der Waals surface area contributed by atoms with Crippen molar-refractivity contribution in [2.75, 3.05) is 19.8 Å². The number of nitro benzene ring substituents is 2. The first kappa shape index (κ1) is 36.1. The molecule has 0 amide bonds. The number of aliphatic hydroxyl groups excluding tert-OH is 1. The molecule has 1 N–H and O–H groups in total. The number of benzene rings is 2. The highest BCUT2D eigenvalue weighted by molar-refractivity contribution is 5.75. The molecule has 0 spiro atoms. The van der Waals surface area contributed by atoms with Gasteiger partial charge < -0.3 is 9.84 Å². The largest absolute Gasteiger partial charge is 0.396 e. The average Bonchev–Trinajstić information content (AvgIpc) is 2.82. The molecule has 10 nitrogen and oxygen atoms in total. The second-order valence-electron chi connectivity index (χ2n) is 6.72. The molecule has 10 heteroatoms. The first-order chi connectivity index (χ1) is 16.6. The zero-order valence-electron chi connectivity index (χ0n) is 21.2. The predicted molar refractivity (Wildman–Crippen MR) is 136 cm³/mol. The monoisotopic (exact) mass is 494 g/mol. The normalized spacial score (nSPS) is 8.63. The van der Waals surface area contributed by atoms with Gasteiger partial charge in [-0.3, -0.25) is 29.8 Å². The van der Waals surface area contributed by atoms with Gasteiger partial charge in [-0.25, -0.2) is 0 Å². The van der Waals surface area contributed by atoms with E-state index in [1.54, 1.807) is 43.3 Å². The van der Waals surface area contributed by atoms with E-state index in [9.17, 15) is 29.8 Å². The fourth-order valence-corrected chi connectivity index (χ4v) is 1.62. The maximum Gasteiger partial charge on any atom is 0.269 e. The van der Waals surface area contributed by atoms with Crippen LogP contribution >= 0.6 is 0 Å². The van der Waals surface area contributed by atoms with Gasteiger partial charge in [0, 0.05) is 50.3 Å². The molecule has 2 aromatic carbocycles. The van der Waals surface area contributed by atoms with Gasteiger partial charge in [-0.15, -0.1) is 0 Å². The van der Waals surface area contributed by atoms with Gasteiger partial charge in [0.15, 0.2) is 0 Å². The van der Waals surface area contributed by atoms with Crippen LogP contribution in [0.3, 0.4) is 0 Å². The Morgan fingerprint density at radius 2 is 1.11 bits per heavy atom. The van der Waals surface area contributed by atoms with Crippen LogP contribution in [0.5, 0.6) is 0 Å². The van der Waals surface area contributed by atoms with Gasteiger partial charge in [-0.05, 0) is 20.8 Å². The third kappa shape index (κ3) is 30.5. The zero-order valence-corrected chi connectivity index (χ0v) is 21.2. The Morgan fingerprint density at radius 1 is 0.771 bits per heavy atom. The van der Waals surface area contributed by atoms with Crippen LogP contribution in [0.15, 0.2) is 60.7 Å². The summed E-state index contributed by atoms with van der Waals surface area (Å²) in [5.74, 6) is 0.232. The van der Waals surface area contributed by atoms with Gasteiger partial charge in [0.05, 0.1) is 16.5 Å². The summed E-state index contributed by atoms with van der Waals surface area (Å²) in [5, 5.41) is 28.0. The predicted octanol–water partition coefficient (Wildman–Crippen LogP) is 5.57. The standard InChI is InChI=1S/2C6H5NO2.C6H12O2.C4H8O2.C3H8/c2*8-7(9)6-4-2-1-3-5-6;1-3-8-5-4-6(2)7;1-4(6)2-3-5;1-3-2/h2*1-5H;3-5H2,1-2H3;5H,2-3H2,1H3;3H2,1-2H3. The summed E-state index contributed by atoms with van der Waals surface area (Å²) >= 11 is 0. The van der Waals surface area contributed by atoms with Gasteiger partial charge in [0.1, 0.15) is 11.6 Å². The van der Waals surface area contributed by atoms with Crippen molar-refractivity contribution in [2.24, 2.45) is 0 Å². The summed E-state index contributed by atoms with van der Waals surface area (Å²) in [6, 6.07) is 15.9. The highest BCUT2D eigenvalue weighted by Crippen LogP contribution is 2.07. The molecular weight excluding hydrogens is 456 g/mol. The molecule has 0 radical (unpaired) electrons. The Kier molecular flexibility index (Phi) is 27.6. The lowest BCUT2D eigenvalue weighted by Crippen LogP contribution is -1.98. The Labute approximate surface area is 207 Å². The quantitative estimate of drug-likeness (QED) is 0.284. The van der Waals surface area contributed by atoms with Gasteiger partial charge in [0.2, 0.25) is 0 Å². The lowest BCUT2D eigenvalue weighted by molar-refractivity contribution is -0.385. The third-order valence-electron chi connectivity index (χ3n) is 3.20. The number of Topliss-reactive ketones (excluding diaryl/α,β-unsaturated/α-hetero) is 2. The third-order valence-corrected chi connectivity index (χ3v) is 3.20. The van der Waals surface area contributed by atoms with Crippen molar-refractivity contribution in [2.45, 2.75) is 53.9 Å². The van der Waals surface area contributed by atoms with Crippen LogP contribution in [0.4, 0.5) is 11.4 Å². The maximum absolute atomic E-state index is 10.2. The molecule has 196 valence electrons. The molecule has 0 aliphatic heterocycles. The maximum atomic E-state index is 10.2. The fourth-order valence-electron chi connectivity index (χ4n) is 1.62. The highest BCUT2D eigenvalue weighted by Gasteiger charge is 1.99. The molecule has 0 fully saturated rings. The van der Waals surface area contributed by atoms with Crippen LogP contribution in [0, 0.1) is 20.2 Å². The number of carbonyl (C=O) groups excluding carboxylic acids is 2. The second kappa shape index (κ2) is 26.7. The number of hydrogen-bond acceptors (Lipinski definition) is 8. The lowest BCUT2D eigenvalue weighted by Gasteiger charge is -1.94. The van der Waals surface area contributed by atoms with E-state index in [4.69, 9.17) is 9.84 Å². The van der Waals surface area contributed by atoms with Crippen molar-refractivity contribution in [1.82, 2.24) is 0 Å². The minimum atomic E-state index is -0.417. The number of carbonyl (C=O) groups is 2. The number of non-ortho nitro benzene ring substituents is 2. The molecular formula is C25H38N2O8. The summed E-state index contributed by atoms with van der Waals surface area (Å²) in [7, 11) is 0. The first-order valence-electron chi connectivity index (χ1n) is 11.1. The zero-order chi connectivity index (χ0) is 27.5. The molecule has 2 aromatic rings. The summed E-state index contributed by atoms with van der Waals surface area (Å²) in [6.07, 6.45) is 2.09. The summed E-state index contributed by atoms with van der Waals surface area (Å²) in [6.45, 7) is 10.4. The minimum absolute atomic E-state index is 0.0185.